The predicted molar refractivity (Wildman–Crippen MR) is 83.4 cm³/mol. The quantitative estimate of drug-likeness (QED) is 0.402. The monoisotopic (exact) mass is 367 g/mol. The van der Waals surface area contributed by atoms with Crippen molar-refractivity contribution >= 4 is 5.97 Å². The van der Waals surface area contributed by atoms with Crippen molar-refractivity contribution in [1.82, 2.24) is 5.32 Å². The fourth-order valence-electron chi connectivity index (χ4n) is 2.30. The fourth-order valence-corrected chi connectivity index (χ4v) is 2.30. The normalized spacial score (nSPS) is 12.3. The molecule has 0 aliphatic rings. The van der Waals surface area contributed by atoms with Gasteiger partial charge < -0.3 is 10.1 Å². The lowest BCUT2D eigenvalue weighted by Gasteiger charge is -2.17. The number of rotatable bonds is 9. The van der Waals surface area contributed by atoms with Crippen molar-refractivity contribution in [3.05, 3.63) is 34.9 Å². The zero-order valence-electron chi connectivity index (χ0n) is 14.2. The number of unbranched alkanes of at least 4 members (excludes halogenated alkanes) is 2. The molecule has 0 radical (unpaired) electrons. The minimum Gasteiger partial charge on any atom is -0.461 e. The van der Waals surface area contributed by atoms with Gasteiger partial charge in [-0.1, -0.05) is 29.3 Å². The Bertz CT molecular complexity index is 552. The van der Waals surface area contributed by atoms with Gasteiger partial charge >= 0.3 is 18.1 Å². The molecule has 25 heavy (non-hydrogen) atoms. The van der Waals surface area contributed by atoms with E-state index >= 15 is 0 Å². The molecule has 0 saturated heterocycles. The van der Waals surface area contributed by atoms with Crippen LogP contribution in [0.1, 0.15) is 36.0 Å². The third-order valence-electron chi connectivity index (χ3n) is 3.45. The Morgan fingerprint density at radius 2 is 1.60 bits per heavy atom. The molecule has 1 aromatic carbocycles. The van der Waals surface area contributed by atoms with E-state index in [1.165, 1.54) is 11.1 Å². The van der Waals surface area contributed by atoms with Crippen molar-refractivity contribution < 1.29 is 31.5 Å². The third kappa shape index (κ3) is 6.97. The number of hydrogen-bond donors (Lipinski definition) is 1. The van der Waals surface area contributed by atoms with Gasteiger partial charge in [0.2, 0.25) is 0 Å². The largest absolute Gasteiger partial charge is 0.465 e. The van der Waals surface area contributed by atoms with Gasteiger partial charge in [-0.25, -0.2) is 4.79 Å². The first-order chi connectivity index (χ1) is 11.5. The number of halogens is 5. The molecule has 0 amide bonds. The maximum absolute atomic E-state index is 12.6. The van der Waals surface area contributed by atoms with E-state index in [9.17, 15) is 26.7 Å². The van der Waals surface area contributed by atoms with Gasteiger partial charge in [-0.05, 0) is 45.2 Å². The maximum Gasteiger partial charge on any atom is 0.465 e. The summed E-state index contributed by atoms with van der Waals surface area (Å²) < 4.78 is 65.0. The molecular formula is C17H22F5NO2. The van der Waals surface area contributed by atoms with Crippen LogP contribution in [0.2, 0.25) is 0 Å². The average Bonchev–Trinajstić information content (AvgIpc) is 2.47. The van der Waals surface area contributed by atoms with Gasteiger partial charge in [-0.3, -0.25) is 0 Å². The van der Waals surface area contributed by atoms with Gasteiger partial charge in [0.15, 0.2) is 0 Å². The van der Waals surface area contributed by atoms with Crippen LogP contribution in [0.3, 0.4) is 0 Å². The van der Waals surface area contributed by atoms with Crippen molar-refractivity contribution in [2.24, 2.45) is 0 Å². The molecule has 0 heterocycles. The summed E-state index contributed by atoms with van der Waals surface area (Å²) in [6, 6.07) is 6.22. The molecule has 0 saturated carbocycles. The molecule has 0 fully saturated rings. The summed E-state index contributed by atoms with van der Waals surface area (Å²) in [4.78, 5) is 10.8. The Morgan fingerprint density at radius 1 is 1.00 bits per heavy atom. The molecule has 1 rings (SSSR count). The molecule has 0 spiro atoms. The zero-order chi connectivity index (χ0) is 19.1. The highest BCUT2D eigenvalue weighted by atomic mass is 19.4. The molecule has 0 atom stereocenters. The van der Waals surface area contributed by atoms with E-state index in [1.807, 2.05) is 13.8 Å². The number of aryl methyl sites for hydroxylation is 2. The zero-order valence-corrected chi connectivity index (χ0v) is 14.2. The first-order valence-corrected chi connectivity index (χ1v) is 7.93. The molecule has 3 nitrogen and oxygen atoms in total. The van der Waals surface area contributed by atoms with Crippen LogP contribution in [0, 0.1) is 13.8 Å². The van der Waals surface area contributed by atoms with Crippen LogP contribution in [-0.2, 0) is 16.1 Å². The van der Waals surface area contributed by atoms with Crippen LogP contribution in [0.15, 0.2) is 18.2 Å². The van der Waals surface area contributed by atoms with E-state index in [0.717, 1.165) is 5.56 Å². The molecule has 0 aromatic heterocycles. The van der Waals surface area contributed by atoms with E-state index in [1.54, 1.807) is 0 Å². The summed E-state index contributed by atoms with van der Waals surface area (Å²) >= 11 is 0. The highest BCUT2D eigenvalue weighted by Crippen LogP contribution is 2.36. The van der Waals surface area contributed by atoms with Crippen LogP contribution in [0.5, 0.6) is 0 Å². The highest BCUT2D eigenvalue weighted by molar-refractivity contribution is 5.78. The number of hydrogen-bond acceptors (Lipinski definition) is 3. The first kappa shape index (κ1) is 21.3. The molecule has 142 valence electrons. The second kappa shape index (κ2) is 9.12. The van der Waals surface area contributed by atoms with E-state index in [0.29, 0.717) is 25.9 Å². The van der Waals surface area contributed by atoms with Gasteiger partial charge in [0.1, 0.15) is 0 Å². The van der Waals surface area contributed by atoms with Crippen molar-refractivity contribution in [3.63, 3.8) is 0 Å². The first-order valence-electron chi connectivity index (χ1n) is 7.93. The lowest BCUT2D eigenvalue weighted by atomic mass is 10.1. The molecular weight excluding hydrogens is 345 g/mol. The number of carbonyl (C=O) groups excluding carboxylic acids is 1. The van der Waals surface area contributed by atoms with Crippen molar-refractivity contribution in [1.29, 1.82) is 0 Å². The van der Waals surface area contributed by atoms with Crippen LogP contribution in [0.4, 0.5) is 22.0 Å². The highest BCUT2D eigenvalue weighted by Gasteiger charge is 2.64. The van der Waals surface area contributed by atoms with E-state index in [2.05, 4.69) is 28.3 Å². The maximum atomic E-state index is 12.6. The Labute approximate surface area is 143 Å². The minimum atomic E-state index is -5.93. The van der Waals surface area contributed by atoms with E-state index in [4.69, 9.17) is 0 Å². The lowest BCUT2D eigenvalue weighted by molar-refractivity contribution is -0.280. The Hall–Kier alpha value is -1.70. The van der Waals surface area contributed by atoms with Gasteiger partial charge in [-0.15, -0.1) is 0 Å². The number of alkyl halides is 5. The van der Waals surface area contributed by atoms with E-state index < -0.39 is 24.7 Å². The number of nitrogens with one attached hydrogen (secondary N) is 1. The van der Waals surface area contributed by atoms with Gasteiger partial charge in [-0.2, -0.15) is 22.0 Å². The summed E-state index contributed by atoms with van der Waals surface area (Å²) in [6.45, 7) is 4.93. The Morgan fingerprint density at radius 3 is 2.16 bits per heavy atom. The molecule has 0 aliphatic carbocycles. The molecule has 8 heteroatoms. The summed E-state index contributed by atoms with van der Waals surface area (Å²) in [7, 11) is 0. The van der Waals surface area contributed by atoms with Crippen molar-refractivity contribution in [3.8, 4) is 0 Å². The number of carbonyl (C=O) groups is 1. The summed E-state index contributed by atoms with van der Waals surface area (Å²) in [6.07, 6.45) is -4.46. The Kier molecular flexibility index (Phi) is 7.79. The van der Waals surface area contributed by atoms with E-state index in [-0.39, 0.29) is 6.42 Å². The molecule has 1 aromatic rings. The van der Waals surface area contributed by atoms with Crippen LogP contribution in [-0.4, -0.2) is 31.2 Å². The second-order valence-corrected chi connectivity index (χ2v) is 5.94. The number of benzene rings is 1. The SMILES string of the molecule is Cc1cc(C)cc(CNCCCCCOC(=O)C(F)(F)C(F)(F)F)c1. The molecule has 0 aliphatic heterocycles. The van der Waals surface area contributed by atoms with Crippen LogP contribution in [0.25, 0.3) is 0 Å². The van der Waals surface area contributed by atoms with Crippen molar-refractivity contribution in [2.45, 2.75) is 51.8 Å². The predicted octanol–water partition coefficient (Wildman–Crippen LogP) is 4.30. The van der Waals surface area contributed by atoms with Crippen LogP contribution >= 0.6 is 0 Å². The third-order valence-corrected chi connectivity index (χ3v) is 3.45. The van der Waals surface area contributed by atoms with Crippen molar-refractivity contribution in [2.75, 3.05) is 13.2 Å². The fraction of sp³-hybridized carbons (Fsp3) is 0.588. The minimum absolute atomic E-state index is 0.227. The van der Waals surface area contributed by atoms with Gasteiger partial charge in [0, 0.05) is 6.54 Å². The smallest absolute Gasteiger partial charge is 0.461 e. The van der Waals surface area contributed by atoms with Gasteiger partial charge in [0.25, 0.3) is 0 Å². The average molecular weight is 367 g/mol. The molecule has 1 N–H and O–H groups in total. The Balaban J connectivity index is 2.14. The summed E-state index contributed by atoms with van der Waals surface area (Å²) in [5, 5.41) is 3.22. The number of esters is 1. The molecule has 0 bridgehead atoms. The van der Waals surface area contributed by atoms with Gasteiger partial charge in [0.05, 0.1) is 6.61 Å². The summed E-state index contributed by atoms with van der Waals surface area (Å²) in [5.41, 5.74) is 3.50. The number of ether oxygens (including phenoxy) is 1. The molecule has 0 unspecified atom stereocenters. The summed E-state index contributed by atoms with van der Waals surface area (Å²) in [5.74, 6) is -8.01. The van der Waals surface area contributed by atoms with Crippen LogP contribution < -0.4 is 5.32 Å². The lowest BCUT2D eigenvalue weighted by Crippen LogP contribution is -2.45. The second-order valence-electron chi connectivity index (χ2n) is 5.94. The topological polar surface area (TPSA) is 38.3 Å². The standard InChI is InChI=1S/C17H22F5NO2/c1-12-8-13(2)10-14(9-12)11-23-6-4-3-5-7-25-15(24)16(18,19)17(20,21)22/h8-10,23H,3-7,11H2,1-2H3.